The third kappa shape index (κ3) is 2.88. The first-order valence-electron chi connectivity index (χ1n) is 6.47. The van der Waals surface area contributed by atoms with Gasteiger partial charge < -0.3 is 15.7 Å². The number of hydrogen-bond donors (Lipinski definition) is 3. The van der Waals surface area contributed by atoms with Gasteiger partial charge in [0.25, 0.3) is 11.6 Å². The minimum absolute atomic E-state index is 0.0672. The summed E-state index contributed by atoms with van der Waals surface area (Å²) in [5.74, 6) is -0.342. The Morgan fingerprint density at radius 1 is 1.50 bits per heavy atom. The van der Waals surface area contributed by atoms with Gasteiger partial charge in [-0.15, -0.1) is 0 Å². The summed E-state index contributed by atoms with van der Waals surface area (Å²) < 4.78 is 0. The summed E-state index contributed by atoms with van der Waals surface area (Å²) >= 11 is 0. The van der Waals surface area contributed by atoms with Gasteiger partial charge in [-0.3, -0.25) is 14.9 Å². The molecule has 20 heavy (non-hydrogen) atoms. The number of nitrogens with one attached hydrogen (secondary N) is 2. The van der Waals surface area contributed by atoms with Crippen LogP contribution in [0.15, 0.2) is 18.2 Å². The molecule has 0 radical (unpaired) electrons. The third-order valence-corrected chi connectivity index (χ3v) is 3.35. The Hall–Kier alpha value is -2.15. The number of aliphatic hydroxyl groups is 1. The highest BCUT2D eigenvalue weighted by Gasteiger charge is 2.43. The lowest BCUT2D eigenvalue weighted by atomic mass is 10.1. The van der Waals surface area contributed by atoms with Crippen molar-refractivity contribution in [2.24, 2.45) is 0 Å². The Morgan fingerprint density at radius 3 is 2.70 bits per heavy atom. The number of rotatable bonds is 6. The zero-order chi connectivity index (χ0) is 14.8. The number of hydrogen-bond acceptors (Lipinski definition) is 5. The summed E-state index contributed by atoms with van der Waals surface area (Å²) in [5.41, 5.74) is -0.0289. The lowest BCUT2D eigenvalue weighted by Gasteiger charge is -2.16. The number of amides is 1. The van der Waals surface area contributed by atoms with E-state index < -0.39 is 10.5 Å². The molecular formula is C13H17N3O4. The number of aliphatic hydroxyl groups excluding tert-OH is 1. The standard InChI is InChI=1S/C13H17N3O4/c1-2-14-12(18)9-3-4-10(11(7-9)16(19)20)15-13(8-17)5-6-13/h3-4,7,15,17H,2,5-6,8H2,1H3,(H,14,18). The van der Waals surface area contributed by atoms with Crippen LogP contribution in [0.3, 0.4) is 0 Å². The van der Waals surface area contributed by atoms with E-state index in [2.05, 4.69) is 10.6 Å². The van der Waals surface area contributed by atoms with Crippen molar-refractivity contribution in [2.45, 2.75) is 25.3 Å². The molecule has 7 nitrogen and oxygen atoms in total. The van der Waals surface area contributed by atoms with Gasteiger partial charge in [0.15, 0.2) is 0 Å². The monoisotopic (exact) mass is 279 g/mol. The van der Waals surface area contributed by atoms with E-state index >= 15 is 0 Å². The summed E-state index contributed by atoms with van der Waals surface area (Å²) in [4.78, 5) is 22.3. The third-order valence-electron chi connectivity index (χ3n) is 3.35. The second kappa shape index (κ2) is 5.46. The smallest absolute Gasteiger partial charge is 0.293 e. The minimum atomic E-state index is -0.529. The van der Waals surface area contributed by atoms with E-state index in [0.29, 0.717) is 12.2 Å². The molecule has 108 valence electrons. The fourth-order valence-corrected chi connectivity index (χ4v) is 1.95. The first-order valence-corrected chi connectivity index (χ1v) is 6.47. The van der Waals surface area contributed by atoms with Gasteiger partial charge in [-0.1, -0.05) is 0 Å². The molecule has 0 unspecified atom stereocenters. The van der Waals surface area contributed by atoms with Crippen molar-refractivity contribution in [1.82, 2.24) is 5.32 Å². The van der Waals surface area contributed by atoms with E-state index in [0.717, 1.165) is 12.8 Å². The number of carbonyl (C=O) groups is 1. The molecule has 1 aliphatic rings. The number of carbonyl (C=O) groups excluding carboxylic acids is 1. The second-order valence-corrected chi connectivity index (χ2v) is 4.91. The minimum Gasteiger partial charge on any atom is -0.394 e. The Bertz CT molecular complexity index is 540. The van der Waals surface area contributed by atoms with Crippen molar-refractivity contribution in [3.63, 3.8) is 0 Å². The second-order valence-electron chi connectivity index (χ2n) is 4.91. The van der Waals surface area contributed by atoms with Crippen molar-refractivity contribution in [3.05, 3.63) is 33.9 Å². The van der Waals surface area contributed by atoms with E-state index in [9.17, 15) is 20.0 Å². The van der Waals surface area contributed by atoms with Gasteiger partial charge in [-0.05, 0) is 31.9 Å². The van der Waals surface area contributed by atoms with Crippen LogP contribution in [0.4, 0.5) is 11.4 Å². The highest BCUT2D eigenvalue weighted by molar-refractivity contribution is 5.95. The molecule has 0 bridgehead atoms. The van der Waals surface area contributed by atoms with Crippen LogP contribution in [0.25, 0.3) is 0 Å². The van der Waals surface area contributed by atoms with E-state index in [1.807, 2.05) is 0 Å². The number of nitro benzene ring substituents is 1. The van der Waals surface area contributed by atoms with Crippen LogP contribution in [0, 0.1) is 10.1 Å². The molecule has 1 aromatic carbocycles. The normalized spacial score (nSPS) is 15.5. The molecule has 1 aromatic rings. The van der Waals surface area contributed by atoms with Crippen molar-refractivity contribution < 1.29 is 14.8 Å². The predicted octanol–water partition coefficient (Wildman–Crippen LogP) is 1.28. The molecule has 7 heteroatoms. The van der Waals surface area contributed by atoms with E-state index in [-0.39, 0.29) is 23.8 Å². The van der Waals surface area contributed by atoms with Gasteiger partial charge >= 0.3 is 0 Å². The van der Waals surface area contributed by atoms with Crippen LogP contribution in [0.1, 0.15) is 30.1 Å². The maximum atomic E-state index is 11.7. The molecule has 1 amide bonds. The number of nitrogens with zero attached hydrogens (tertiary/aromatic N) is 1. The maximum Gasteiger partial charge on any atom is 0.293 e. The first kappa shape index (κ1) is 14.3. The quantitative estimate of drug-likeness (QED) is 0.537. The van der Waals surface area contributed by atoms with Crippen molar-refractivity contribution in [1.29, 1.82) is 0 Å². The van der Waals surface area contributed by atoms with Gasteiger partial charge in [-0.25, -0.2) is 0 Å². The van der Waals surface area contributed by atoms with Crippen molar-refractivity contribution in [3.8, 4) is 0 Å². The lowest BCUT2D eigenvalue weighted by Crippen LogP contribution is -2.26. The molecule has 0 heterocycles. The highest BCUT2D eigenvalue weighted by Crippen LogP contribution is 2.40. The average Bonchev–Trinajstić information content (AvgIpc) is 3.19. The largest absolute Gasteiger partial charge is 0.394 e. The van der Waals surface area contributed by atoms with E-state index in [1.54, 1.807) is 6.92 Å². The van der Waals surface area contributed by atoms with Crippen molar-refractivity contribution in [2.75, 3.05) is 18.5 Å². The Kier molecular flexibility index (Phi) is 3.89. The van der Waals surface area contributed by atoms with E-state index in [4.69, 9.17) is 0 Å². The van der Waals surface area contributed by atoms with Crippen LogP contribution in [-0.2, 0) is 0 Å². The number of nitro groups is 1. The fourth-order valence-electron chi connectivity index (χ4n) is 1.95. The first-order chi connectivity index (χ1) is 9.51. The summed E-state index contributed by atoms with van der Waals surface area (Å²) in [6, 6.07) is 4.30. The Balaban J connectivity index is 2.29. The molecule has 0 spiro atoms. The SMILES string of the molecule is CCNC(=O)c1ccc(NC2(CO)CC2)c([N+](=O)[O-])c1. The molecule has 1 saturated carbocycles. The summed E-state index contributed by atoms with van der Waals surface area (Å²) in [6.45, 7) is 2.17. The lowest BCUT2D eigenvalue weighted by molar-refractivity contribution is -0.384. The molecular weight excluding hydrogens is 262 g/mol. The Morgan fingerprint density at radius 2 is 2.20 bits per heavy atom. The molecule has 1 aliphatic carbocycles. The van der Waals surface area contributed by atoms with Gasteiger partial charge in [0, 0.05) is 18.2 Å². The molecule has 2 rings (SSSR count). The summed E-state index contributed by atoms with van der Waals surface area (Å²) in [6.07, 6.45) is 1.55. The van der Waals surface area contributed by atoms with Gasteiger partial charge in [-0.2, -0.15) is 0 Å². The number of anilines is 1. The van der Waals surface area contributed by atoms with Crippen LogP contribution < -0.4 is 10.6 Å². The summed E-state index contributed by atoms with van der Waals surface area (Å²) in [5, 5.41) is 26.0. The number of benzene rings is 1. The van der Waals surface area contributed by atoms with Gasteiger partial charge in [0.1, 0.15) is 5.69 Å². The van der Waals surface area contributed by atoms with Crippen LogP contribution in [0.2, 0.25) is 0 Å². The van der Waals surface area contributed by atoms with Crippen LogP contribution in [0.5, 0.6) is 0 Å². The van der Waals surface area contributed by atoms with Crippen molar-refractivity contribution >= 4 is 17.3 Å². The predicted molar refractivity (Wildman–Crippen MR) is 73.8 cm³/mol. The van der Waals surface area contributed by atoms with Gasteiger partial charge in [0.05, 0.1) is 17.1 Å². The Labute approximate surface area is 116 Å². The fraction of sp³-hybridized carbons (Fsp3) is 0.462. The summed E-state index contributed by atoms with van der Waals surface area (Å²) in [7, 11) is 0. The topological polar surface area (TPSA) is 104 Å². The van der Waals surface area contributed by atoms with Gasteiger partial charge in [0.2, 0.25) is 0 Å². The zero-order valence-corrected chi connectivity index (χ0v) is 11.2. The highest BCUT2D eigenvalue weighted by atomic mass is 16.6. The molecule has 0 aliphatic heterocycles. The zero-order valence-electron chi connectivity index (χ0n) is 11.2. The molecule has 3 N–H and O–H groups in total. The van der Waals surface area contributed by atoms with E-state index in [1.165, 1.54) is 18.2 Å². The average molecular weight is 279 g/mol. The molecule has 1 fully saturated rings. The van der Waals surface area contributed by atoms with Crippen LogP contribution in [-0.4, -0.2) is 34.6 Å². The molecule has 0 aromatic heterocycles. The molecule has 0 atom stereocenters. The maximum absolute atomic E-state index is 11.7. The van der Waals surface area contributed by atoms with Crippen LogP contribution >= 0.6 is 0 Å². The molecule has 0 saturated heterocycles.